The van der Waals surface area contributed by atoms with Crippen LogP contribution in [-0.4, -0.2) is 45.2 Å². The summed E-state index contributed by atoms with van der Waals surface area (Å²) in [6.45, 7) is 1.71. The highest BCUT2D eigenvalue weighted by molar-refractivity contribution is 7.15. The highest BCUT2D eigenvalue weighted by Gasteiger charge is 2.48. The quantitative estimate of drug-likeness (QED) is 0.344. The summed E-state index contributed by atoms with van der Waals surface area (Å²) >= 11 is 1.13. The van der Waals surface area contributed by atoms with Crippen LogP contribution >= 0.6 is 11.3 Å². The van der Waals surface area contributed by atoms with Crippen molar-refractivity contribution >= 4 is 39.9 Å². The molecule has 1 fully saturated rings. The lowest BCUT2D eigenvalue weighted by Gasteiger charge is -2.22. The summed E-state index contributed by atoms with van der Waals surface area (Å²) in [5.41, 5.74) is 0.685. The lowest BCUT2D eigenvalue weighted by Crippen LogP contribution is -2.29. The van der Waals surface area contributed by atoms with Crippen molar-refractivity contribution in [3.05, 3.63) is 75.8 Å². The molecule has 0 spiro atoms. The number of carboxylic acid groups (broad SMARTS) is 1. The van der Waals surface area contributed by atoms with Crippen molar-refractivity contribution < 1.29 is 29.3 Å². The molecule has 0 radical (unpaired) electrons. The van der Waals surface area contributed by atoms with Gasteiger partial charge in [-0.05, 0) is 48.9 Å². The van der Waals surface area contributed by atoms with Gasteiger partial charge in [0.1, 0.15) is 16.5 Å². The molecule has 32 heavy (non-hydrogen) atoms. The number of carboxylic acids is 1. The van der Waals surface area contributed by atoms with Gasteiger partial charge in [-0.2, -0.15) is 0 Å². The van der Waals surface area contributed by atoms with Crippen LogP contribution in [0.25, 0.3) is 5.76 Å². The largest absolute Gasteiger partial charge is 0.507 e. The number of carbonyl (C=O) groups is 3. The first-order chi connectivity index (χ1) is 15.3. The number of aromatic carboxylic acids is 1. The van der Waals surface area contributed by atoms with E-state index in [9.17, 15) is 24.6 Å². The fourth-order valence-corrected chi connectivity index (χ4v) is 4.16. The Hall–Kier alpha value is -4.05. The molecule has 3 aromatic rings. The van der Waals surface area contributed by atoms with Crippen molar-refractivity contribution in [1.82, 2.24) is 10.2 Å². The van der Waals surface area contributed by atoms with Gasteiger partial charge >= 0.3 is 11.9 Å². The number of ketones is 1. The van der Waals surface area contributed by atoms with Crippen LogP contribution in [0.3, 0.4) is 0 Å². The van der Waals surface area contributed by atoms with Crippen molar-refractivity contribution in [1.29, 1.82) is 0 Å². The third-order valence-electron chi connectivity index (χ3n) is 5.00. The van der Waals surface area contributed by atoms with E-state index in [1.807, 2.05) is 0 Å². The molecule has 1 unspecified atom stereocenters. The molecule has 1 aromatic heterocycles. The van der Waals surface area contributed by atoms with Crippen molar-refractivity contribution in [2.45, 2.75) is 13.0 Å². The summed E-state index contributed by atoms with van der Waals surface area (Å²) in [6, 6.07) is 11.1. The Labute approximate surface area is 186 Å². The van der Waals surface area contributed by atoms with Gasteiger partial charge in [0, 0.05) is 5.56 Å². The van der Waals surface area contributed by atoms with Gasteiger partial charge in [-0.25, -0.2) is 4.79 Å². The Morgan fingerprint density at radius 1 is 1.00 bits per heavy atom. The number of aliphatic hydroxyl groups excluding tert-OH is 1. The molecule has 9 nitrogen and oxygen atoms in total. The van der Waals surface area contributed by atoms with E-state index in [1.54, 1.807) is 31.2 Å². The Bertz CT molecular complexity index is 1250. The maximum atomic E-state index is 13.0. The Morgan fingerprint density at radius 2 is 1.62 bits per heavy atom. The number of rotatable bonds is 5. The third kappa shape index (κ3) is 3.60. The maximum absolute atomic E-state index is 13.0. The van der Waals surface area contributed by atoms with E-state index >= 15 is 0 Å². The summed E-state index contributed by atoms with van der Waals surface area (Å²) in [7, 11) is 1.51. The van der Waals surface area contributed by atoms with Gasteiger partial charge in [0.2, 0.25) is 5.13 Å². The standard InChI is InChI=1S/C22H17N3O6S/c1-11-23-24-22(32-11)25-17(12-3-5-14(6-4-12)21(29)30)16(19(27)20(25)28)18(26)13-7-9-15(31-2)10-8-13/h3-10,17,26H,1-2H3,(H,29,30)/b18-16+. The number of hydrogen-bond acceptors (Lipinski definition) is 8. The molecule has 162 valence electrons. The molecule has 2 heterocycles. The molecular weight excluding hydrogens is 434 g/mol. The van der Waals surface area contributed by atoms with Gasteiger partial charge in [0.15, 0.2) is 0 Å². The predicted octanol–water partition coefficient (Wildman–Crippen LogP) is 3.18. The molecule has 1 aliphatic rings. The number of aryl methyl sites for hydroxylation is 1. The van der Waals surface area contributed by atoms with E-state index in [0.717, 1.165) is 11.3 Å². The van der Waals surface area contributed by atoms with Crippen LogP contribution in [0.5, 0.6) is 5.75 Å². The average molecular weight is 451 g/mol. The highest BCUT2D eigenvalue weighted by atomic mass is 32.1. The Balaban J connectivity index is 1.90. The number of aliphatic hydroxyl groups is 1. The summed E-state index contributed by atoms with van der Waals surface area (Å²) < 4.78 is 5.12. The number of carbonyl (C=O) groups excluding carboxylic acids is 2. The second-order valence-corrected chi connectivity index (χ2v) is 8.09. The van der Waals surface area contributed by atoms with Gasteiger partial charge in [0.25, 0.3) is 5.78 Å². The zero-order valence-corrected chi connectivity index (χ0v) is 17.8. The molecule has 4 rings (SSSR count). The van der Waals surface area contributed by atoms with Gasteiger partial charge < -0.3 is 14.9 Å². The highest BCUT2D eigenvalue weighted by Crippen LogP contribution is 2.43. The van der Waals surface area contributed by atoms with E-state index in [4.69, 9.17) is 4.74 Å². The average Bonchev–Trinajstić information content (AvgIpc) is 3.34. The molecule has 1 atom stereocenters. The molecule has 1 saturated heterocycles. The summed E-state index contributed by atoms with van der Waals surface area (Å²) in [4.78, 5) is 38.4. The van der Waals surface area contributed by atoms with E-state index in [-0.39, 0.29) is 22.0 Å². The van der Waals surface area contributed by atoms with Crippen molar-refractivity contribution in [3.63, 3.8) is 0 Å². The summed E-state index contributed by atoms with van der Waals surface area (Å²) in [6.07, 6.45) is 0. The number of Topliss-reactive ketones (excluding diaryl/α,β-unsaturated/α-hetero) is 1. The molecule has 0 bridgehead atoms. The first-order valence-corrected chi connectivity index (χ1v) is 10.2. The van der Waals surface area contributed by atoms with Crippen LogP contribution in [0.1, 0.15) is 32.5 Å². The van der Waals surface area contributed by atoms with Crippen molar-refractivity contribution in [2.24, 2.45) is 0 Å². The SMILES string of the molecule is COc1ccc(/C(O)=C2\C(=O)C(=O)N(c3nnc(C)s3)C2c2ccc(C(=O)O)cc2)cc1. The fraction of sp³-hybridized carbons (Fsp3) is 0.136. The molecule has 2 aromatic carbocycles. The molecular formula is C22H17N3O6S. The molecule has 0 saturated carbocycles. The first-order valence-electron chi connectivity index (χ1n) is 9.40. The minimum atomic E-state index is -1.11. The Morgan fingerprint density at radius 3 is 2.16 bits per heavy atom. The number of hydrogen-bond donors (Lipinski definition) is 2. The minimum Gasteiger partial charge on any atom is -0.507 e. The van der Waals surface area contributed by atoms with Crippen LogP contribution in [0, 0.1) is 6.92 Å². The lowest BCUT2D eigenvalue weighted by atomic mass is 9.94. The van der Waals surface area contributed by atoms with E-state index in [2.05, 4.69) is 10.2 Å². The van der Waals surface area contributed by atoms with E-state index in [0.29, 0.717) is 21.9 Å². The van der Waals surface area contributed by atoms with Gasteiger partial charge in [0.05, 0.1) is 24.3 Å². The number of methoxy groups -OCH3 is 1. The first kappa shape index (κ1) is 21.2. The molecule has 10 heteroatoms. The molecule has 2 N–H and O–H groups in total. The monoisotopic (exact) mass is 451 g/mol. The minimum absolute atomic E-state index is 0.0487. The second kappa shape index (κ2) is 8.23. The van der Waals surface area contributed by atoms with Crippen LogP contribution in [-0.2, 0) is 9.59 Å². The smallest absolute Gasteiger partial charge is 0.335 e. The third-order valence-corrected chi connectivity index (χ3v) is 5.84. The van der Waals surface area contributed by atoms with Crippen LogP contribution in [0.15, 0.2) is 54.1 Å². The van der Waals surface area contributed by atoms with Gasteiger partial charge in [-0.1, -0.05) is 23.5 Å². The summed E-state index contributed by atoms with van der Waals surface area (Å²) in [5.74, 6) is -2.64. The van der Waals surface area contributed by atoms with Crippen LogP contribution in [0.2, 0.25) is 0 Å². The zero-order chi connectivity index (χ0) is 23.0. The van der Waals surface area contributed by atoms with Gasteiger partial charge in [-0.15, -0.1) is 10.2 Å². The fourth-order valence-electron chi connectivity index (χ4n) is 3.44. The number of aromatic nitrogens is 2. The van der Waals surface area contributed by atoms with Gasteiger partial charge in [-0.3, -0.25) is 14.5 Å². The number of benzene rings is 2. The van der Waals surface area contributed by atoms with Crippen molar-refractivity contribution in [3.8, 4) is 5.75 Å². The molecule has 1 aliphatic heterocycles. The second-order valence-electron chi connectivity index (χ2n) is 6.93. The predicted molar refractivity (Wildman–Crippen MR) is 116 cm³/mol. The topological polar surface area (TPSA) is 130 Å². The Kier molecular flexibility index (Phi) is 5.45. The number of anilines is 1. The lowest BCUT2D eigenvalue weighted by molar-refractivity contribution is -0.132. The summed E-state index contributed by atoms with van der Waals surface area (Å²) in [5, 5.41) is 28.9. The van der Waals surface area contributed by atoms with E-state index < -0.39 is 23.7 Å². The van der Waals surface area contributed by atoms with Crippen molar-refractivity contribution in [2.75, 3.05) is 12.0 Å². The number of nitrogens with zero attached hydrogens (tertiary/aromatic N) is 3. The zero-order valence-electron chi connectivity index (χ0n) is 17.0. The van der Waals surface area contributed by atoms with Crippen LogP contribution < -0.4 is 9.64 Å². The normalized spacial score (nSPS) is 17.6. The maximum Gasteiger partial charge on any atom is 0.335 e. The van der Waals surface area contributed by atoms with Crippen LogP contribution in [0.4, 0.5) is 5.13 Å². The number of ether oxygens (including phenoxy) is 1. The van der Waals surface area contributed by atoms with E-state index in [1.165, 1.54) is 36.3 Å². The molecule has 0 aliphatic carbocycles. The molecule has 1 amide bonds. The number of amides is 1.